The Kier molecular flexibility index (Phi) is 8.06. The fourth-order valence-electron chi connectivity index (χ4n) is 2.34. The predicted molar refractivity (Wildman–Crippen MR) is 92.9 cm³/mol. The summed E-state index contributed by atoms with van der Waals surface area (Å²) in [7, 11) is 0. The van der Waals surface area contributed by atoms with Gasteiger partial charge in [-0.3, -0.25) is 9.59 Å². The number of ether oxygens (including phenoxy) is 2. The Hall–Kier alpha value is -1.92. The summed E-state index contributed by atoms with van der Waals surface area (Å²) in [4.78, 5) is 23.2. The van der Waals surface area contributed by atoms with Gasteiger partial charge in [0.25, 0.3) is 0 Å². The van der Waals surface area contributed by atoms with Crippen LogP contribution in [0.4, 0.5) is 0 Å². The third-order valence-corrected chi connectivity index (χ3v) is 3.52. The van der Waals surface area contributed by atoms with E-state index in [1.54, 1.807) is 52.0 Å². The van der Waals surface area contributed by atoms with Crippen molar-refractivity contribution in [3.05, 3.63) is 35.4 Å². The van der Waals surface area contributed by atoms with Crippen LogP contribution in [0.5, 0.6) is 0 Å². The summed E-state index contributed by atoms with van der Waals surface area (Å²) in [6.45, 7) is 7.54. The molecule has 0 saturated heterocycles. The molecule has 2 atom stereocenters. The second-order valence-electron chi connectivity index (χ2n) is 6.92. The minimum Gasteiger partial charge on any atom is -0.481 e. The summed E-state index contributed by atoms with van der Waals surface area (Å²) in [5.41, 5.74) is 0.878. The van der Waals surface area contributed by atoms with E-state index >= 15 is 0 Å². The molecule has 0 amide bonds. The number of carbonyl (C=O) groups excluding carboxylic acids is 1. The number of aliphatic carboxylic acids is 1. The van der Waals surface area contributed by atoms with Crippen molar-refractivity contribution >= 4 is 11.9 Å². The maximum Gasteiger partial charge on any atom is 0.309 e. The molecule has 0 spiro atoms. The Bertz CT molecular complexity index is 558. The zero-order valence-electron chi connectivity index (χ0n) is 15.3. The second-order valence-corrected chi connectivity index (χ2v) is 6.92. The van der Waals surface area contributed by atoms with E-state index < -0.39 is 29.7 Å². The van der Waals surface area contributed by atoms with E-state index in [0.29, 0.717) is 18.6 Å². The average molecular weight is 352 g/mol. The standard InChI is InChI=1S/C19H28O6/c1-5-24-17(22)14-8-6-13(7-9-14)12-15(10-11-16(20)21)18(23)25-19(2,3)4/h6-9,15,17,22H,5,10-12H2,1-4H3,(H,20,21)/t15?,17-/m0/s1. The number of hydrogen-bond acceptors (Lipinski definition) is 5. The normalized spacial score (nSPS) is 14.0. The van der Waals surface area contributed by atoms with Crippen LogP contribution in [0, 0.1) is 5.92 Å². The van der Waals surface area contributed by atoms with Gasteiger partial charge in [0.15, 0.2) is 6.29 Å². The van der Waals surface area contributed by atoms with Crippen molar-refractivity contribution in [2.45, 2.75) is 58.8 Å². The van der Waals surface area contributed by atoms with Crippen LogP contribution in [0.3, 0.4) is 0 Å². The molecule has 0 aliphatic heterocycles. The quantitative estimate of drug-likeness (QED) is 0.524. The number of benzene rings is 1. The van der Waals surface area contributed by atoms with Crippen LogP contribution in [0.1, 0.15) is 58.0 Å². The van der Waals surface area contributed by atoms with Gasteiger partial charge in [-0.25, -0.2) is 0 Å². The van der Waals surface area contributed by atoms with Crippen LogP contribution in [0.2, 0.25) is 0 Å². The number of carboxylic acids is 1. The van der Waals surface area contributed by atoms with E-state index in [1.807, 2.05) is 0 Å². The molecule has 2 N–H and O–H groups in total. The summed E-state index contributed by atoms with van der Waals surface area (Å²) >= 11 is 0. The zero-order chi connectivity index (χ0) is 19.0. The van der Waals surface area contributed by atoms with Crippen LogP contribution in [0.25, 0.3) is 0 Å². The Morgan fingerprint density at radius 1 is 1.16 bits per heavy atom. The van der Waals surface area contributed by atoms with Crippen LogP contribution in [-0.4, -0.2) is 34.4 Å². The molecule has 0 heterocycles. The smallest absolute Gasteiger partial charge is 0.309 e. The van der Waals surface area contributed by atoms with Crippen molar-refractivity contribution in [1.82, 2.24) is 0 Å². The highest BCUT2D eigenvalue weighted by Crippen LogP contribution is 2.21. The molecule has 0 saturated carbocycles. The van der Waals surface area contributed by atoms with Gasteiger partial charge >= 0.3 is 11.9 Å². The lowest BCUT2D eigenvalue weighted by atomic mass is 9.94. The third kappa shape index (κ3) is 8.14. The maximum atomic E-state index is 12.4. The first kappa shape index (κ1) is 21.1. The molecule has 0 radical (unpaired) electrons. The van der Waals surface area contributed by atoms with Gasteiger partial charge in [0.1, 0.15) is 5.60 Å². The topological polar surface area (TPSA) is 93.1 Å². The lowest BCUT2D eigenvalue weighted by molar-refractivity contribution is -0.160. The van der Waals surface area contributed by atoms with E-state index in [9.17, 15) is 14.7 Å². The Labute approximate surface area is 148 Å². The van der Waals surface area contributed by atoms with Crippen molar-refractivity contribution in [3.8, 4) is 0 Å². The van der Waals surface area contributed by atoms with E-state index in [-0.39, 0.29) is 12.8 Å². The van der Waals surface area contributed by atoms with Gasteiger partial charge < -0.3 is 19.7 Å². The molecule has 25 heavy (non-hydrogen) atoms. The van der Waals surface area contributed by atoms with E-state index in [1.165, 1.54) is 0 Å². The highest BCUT2D eigenvalue weighted by Gasteiger charge is 2.26. The number of hydrogen-bond donors (Lipinski definition) is 2. The van der Waals surface area contributed by atoms with Crippen molar-refractivity contribution in [2.24, 2.45) is 5.92 Å². The molecular formula is C19H28O6. The summed E-state index contributed by atoms with van der Waals surface area (Å²) in [6, 6.07) is 7.07. The summed E-state index contributed by atoms with van der Waals surface area (Å²) in [5, 5.41) is 18.7. The van der Waals surface area contributed by atoms with Gasteiger partial charge in [0, 0.05) is 18.6 Å². The number of rotatable bonds is 9. The number of aliphatic hydroxyl groups excluding tert-OH is 1. The molecule has 6 heteroatoms. The first-order valence-corrected chi connectivity index (χ1v) is 8.45. The number of aliphatic hydroxyl groups is 1. The van der Waals surface area contributed by atoms with Crippen LogP contribution in [0.15, 0.2) is 24.3 Å². The molecule has 0 aromatic heterocycles. The van der Waals surface area contributed by atoms with Crippen LogP contribution in [-0.2, 0) is 25.5 Å². The molecule has 6 nitrogen and oxygen atoms in total. The number of carbonyl (C=O) groups is 2. The summed E-state index contributed by atoms with van der Waals surface area (Å²) in [5.74, 6) is -1.87. The fourth-order valence-corrected chi connectivity index (χ4v) is 2.34. The molecule has 1 rings (SSSR count). The van der Waals surface area contributed by atoms with Gasteiger partial charge in [0.2, 0.25) is 0 Å². The Morgan fingerprint density at radius 3 is 2.24 bits per heavy atom. The van der Waals surface area contributed by atoms with Crippen molar-refractivity contribution in [2.75, 3.05) is 6.61 Å². The molecule has 0 aliphatic carbocycles. The van der Waals surface area contributed by atoms with Crippen LogP contribution >= 0.6 is 0 Å². The molecule has 0 aliphatic rings. The van der Waals surface area contributed by atoms with E-state index in [0.717, 1.165) is 5.56 Å². The minimum absolute atomic E-state index is 0.0922. The van der Waals surface area contributed by atoms with Crippen molar-refractivity contribution in [1.29, 1.82) is 0 Å². The Morgan fingerprint density at radius 2 is 1.76 bits per heavy atom. The summed E-state index contributed by atoms with van der Waals surface area (Å²) in [6.07, 6.45) is -0.473. The first-order chi connectivity index (χ1) is 11.6. The molecule has 0 fully saturated rings. The summed E-state index contributed by atoms with van der Waals surface area (Å²) < 4.78 is 10.5. The SMILES string of the molecule is CCO[C@H](O)c1ccc(CC(CCC(=O)O)C(=O)OC(C)(C)C)cc1. The average Bonchev–Trinajstić information content (AvgIpc) is 2.50. The lowest BCUT2D eigenvalue weighted by Gasteiger charge is -2.24. The molecule has 1 aromatic rings. The fraction of sp³-hybridized carbons (Fsp3) is 0.579. The minimum atomic E-state index is -0.979. The monoisotopic (exact) mass is 352 g/mol. The predicted octanol–water partition coefficient (Wildman–Crippen LogP) is 3.08. The first-order valence-electron chi connectivity index (χ1n) is 8.45. The molecule has 1 aromatic carbocycles. The second kappa shape index (κ2) is 9.53. The van der Waals surface area contributed by atoms with Gasteiger partial charge in [-0.15, -0.1) is 0 Å². The zero-order valence-corrected chi connectivity index (χ0v) is 15.3. The van der Waals surface area contributed by atoms with E-state index in [4.69, 9.17) is 14.6 Å². The van der Waals surface area contributed by atoms with Gasteiger partial charge in [-0.05, 0) is 46.1 Å². The molecular weight excluding hydrogens is 324 g/mol. The molecule has 140 valence electrons. The van der Waals surface area contributed by atoms with Crippen molar-refractivity contribution in [3.63, 3.8) is 0 Å². The number of esters is 1. The van der Waals surface area contributed by atoms with Gasteiger partial charge in [0.05, 0.1) is 5.92 Å². The largest absolute Gasteiger partial charge is 0.481 e. The molecule has 0 bridgehead atoms. The highest BCUT2D eigenvalue weighted by molar-refractivity contribution is 5.74. The third-order valence-electron chi connectivity index (χ3n) is 3.52. The Balaban J connectivity index is 2.82. The highest BCUT2D eigenvalue weighted by atomic mass is 16.6. The lowest BCUT2D eigenvalue weighted by Crippen LogP contribution is -2.30. The van der Waals surface area contributed by atoms with Crippen molar-refractivity contribution < 1.29 is 29.3 Å². The molecule has 1 unspecified atom stereocenters. The van der Waals surface area contributed by atoms with Crippen LogP contribution < -0.4 is 0 Å². The van der Waals surface area contributed by atoms with E-state index in [2.05, 4.69) is 0 Å². The van der Waals surface area contributed by atoms with Gasteiger partial charge in [-0.2, -0.15) is 0 Å². The van der Waals surface area contributed by atoms with Gasteiger partial charge in [-0.1, -0.05) is 24.3 Å². The number of carboxylic acid groups (broad SMARTS) is 1. The maximum absolute atomic E-state index is 12.4.